The van der Waals surface area contributed by atoms with Crippen LogP contribution in [0.25, 0.3) is 0 Å². The number of piperazine rings is 1. The molecular formula is C15H22F2N2O. The van der Waals surface area contributed by atoms with Crippen molar-refractivity contribution in [3.63, 3.8) is 0 Å². The van der Waals surface area contributed by atoms with Crippen molar-refractivity contribution in [3.8, 4) is 5.75 Å². The highest BCUT2D eigenvalue weighted by Gasteiger charge is 2.19. The van der Waals surface area contributed by atoms with E-state index < -0.39 is 6.61 Å². The summed E-state index contributed by atoms with van der Waals surface area (Å²) in [7, 11) is 0. The van der Waals surface area contributed by atoms with E-state index in [1.807, 2.05) is 19.9 Å². The molecule has 20 heavy (non-hydrogen) atoms. The molecule has 1 aliphatic heterocycles. The molecule has 0 radical (unpaired) electrons. The Balaban J connectivity index is 2.18. The summed E-state index contributed by atoms with van der Waals surface area (Å²) in [6.45, 7) is 6.66. The van der Waals surface area contributed by atoms with Gasteiger partial charge in [0.1, 0.15) is 5.75 Å². The van der Waals surface area contributed by atoms with Gasteiger partial charge in [0.25, 0.3) is 0 Å². The summed E-state index contributed by atoms with van der Waals surface area (Å²) >= 11 is 0. The number of rotatable bonds is 4. The summed E-state index contributed by atoms with van der Waals surface area (Å²) in [6.07, 6.45) is 0. The van der Waals surface area contributed by atoms with E-state index in [1.54, 1.807) is 6.07 Å². The Kier molecular flexibility index (Phi) is 4.94. The Bertz CT molecular complexity index is 465. The van der Waals surface area contributed by atoms with Crippen LogP contribution in [-0.4, -0.2) is 37.2 Å². The maximum absolute atomic E-state index is 12.5. The van der Waals surface area contributed by atoms with Crippen LogP contribution in [0, 0.1) is 13.8 Å². The first kappa shape index (κ1) is 15.2. The van der Waals surface area contributed by atoms with Crippen LogP contribution >= 0.6 is 0 Å². The quantitative estimate of drug-likeness (QED) is 0.920. The SMILES string of the molecule is Cc1cc(CN2CCN[C@@H](C)C2)c(OC(F)F)cc1C. The fourth-order valence-electron chi connectivity index (χ4n) is 2.58. The van der Waals surface area contributed by atoms with Gasteiger partial charge in [0.2, 0.25) is 0 Å². The van der Waals surface area contributed by atoms with Crippen LogP contribution in [0.5, 0.6) is 5.75 Å². The van der Waals surface area contributed by atoms with E-state index in [9.17, 15) is 8.78 Å². The van der Waals surface area contributed by atoms with E-state index in [4.69, 9.17) is 0 Å². The van der Waals surface area contributed by atoms with Gasteiger partial charge in [-0.05, 0) is 38.0 Å². The normalized spacial score (nSPS) is 20.4. The van der Waals surface area contributed by atoms with Crippen LogP contribution in [0.3, 0.4) is 0 Å². The lowest BCUT2D eigenvalue weighted by molar-refractivity contribution is -0.0508. The Morgan fingerprint density at radius 3 is 2.70 bits per heavy atom. The molecule has 1 saturated heterocycles. The fourth-order valence-corrected chi connectivity index (χ4v) is 2.58. The van der Waals surface area contributed by atoms with Crippen molar-refractivity contribution >= 4 is 0 Å². The standard InChI is InChI=1S/C15H22F2N2O/c1-10-6-13(9-19-5-4-18-12(3)8-19)14(7-11(10)2)20-15(16)17/h6-7,12,15,18H,4-5,8-9H2,1-3H3/t12-/m0/s1. The maximum Gasteiger partial charge on any atom is 0.387 e. The topological polar surface area (TPSA) is 24.5 Å². The van der Waals surface area contributed by atoms with E-state index in [-0.39, 0.29) is 0 Å². The van der Waals surface area contributed by atoms with Crippen molar-refractivity contribution < 1.29 is 13.5 Å². The molecule has 1 aliphatic rings. The highest BCUT2D eigenvalue weighted by atomic mass is 19.3. The summed E-state index contributed by atoms with van der Waals surface area (Å²) < 4.78 is 29.7. The number of benzene rings is 1. The first-order chi connectivity index (χ1) is 9.45. The zero-order valence-corrected chi connectivity index (χ0v) is 12.2. The summed E-state index contributed by atoms with van der Waals surface area (Å²) in [5.41, 5.74) is 2.91. The number of hydrogen-bond acceptors (Lipinski definition) is 3. The molecule has 1 aromatic rings. The molecule has 0 amide bonds. The zero-order chi connectivity index (χ0) is 14.7. The van der Waals surface area contributed by atoms with Gasteiger partial charge in [-0.1, -0.05) is 6.07 Å². The molecule has 1 fully saturated rings. The molecule has 0 spiro atoms. The van der Waals surface area contributed by atoms with Gasteiger partial charge in [0.05, 0.1) is 0 Å². The van der Waals surface area contributed by atoms with Crippen molar-refractivity contribution in [1.82, 2.24) is 10.2 Å². The molecular weight excluding hydrogens is 262 g/mol. The van der Waals surface area contributed by atoms with E-state index in [2.05, 4.69) is 21.9 Å². The number of nitrogens with zero attached hydrogens (tertiary/aromatic N) is 1. The molecule has 0 aromatic heterocycles. The molecule has 112 valence electrons. The number of halogens is 2. The van der Waals surface area contributed by atoms with Crippen molar-refractivity contribution in [2.45, 2.75) is 40.0 Å². The third-order valence-corrected chi connectivity index (χ3v) is 3.74. The van der Waals surface area contributed by atoms with Crippen molar-refractivity contribution in [2.75, 3.05) is 19.6 Å². The number of alkyl halides is 2. The monoisotopic (exact) mass is 284 g/mol. The van der Waals surface area contributed by atoms with Crippen LogP contribution in [0.15, 0.2) is 12.1 Å². The largest absolute Gasteiger partial charge is 0.434 e. The molecule has 1 heterocycles. The smallest absolute Gasteiger partial charge is 0.387 e. The predicted octanol–water partition coefficient (Wildman–Crippen LogP) is 2.70. The van der Waals surface area contributed by atoms with E-state index in [0.29, 0.717) is 18.3 Å². The Morgan fingerprint density at radius 2 is 2.05 bits per heavy atom. The van der Waals surface area contributed by atoms with Gasteiger partial charge in [-0.3, -0.25) is 4.90 Å². The summed E-state index contributed by atoms with van der Waals surface area (Å²) in [5, 5.41) is 3.37. The third-order valence-electron chi connectivity index (χ3n) is 3.74. The van der Waals surface area contributed by atoms with Crippen molar-refractivity contribution in [1.29, 1.82) is 0 Å². The van der Waals surface area contributed by atoms with Crippen LogP contribution in [0.2, 0.25) is 0 Å². The maximum atomic E-state index is 12.5. The first-order valence-electron chi connectivity index (χ1n) is 6.96. The van der Waals surface area contributed by atoms with E-state index >= 15 is 0 Å². The second kappa shape index (κ2) is 6.50. The van der Waals surface area contributed by atoms with Crippen molar-refractivity contribution in [3.05, 3.63) is 28.8 Å². The molecule has 0 saturated carbocycles. The summed E-state index contributed by atoms with van der Waals surface area (Å²) in [6, 6.07) is 4.09. The van der Waals surface area contributed by atoms with E-state index in [1.165, 1.54) is 0 Å². The van der Waals surface area contributed by atoms with Crippen LogP contribution in [0.1, 0.15) is 23.6 Å². The Hall–Kier alpha value is -1.20. The molecule has 0 bridgehead atoms. The number of nitrogens with one attached hydrogen (secondary N) is 1. The predicted molar refractivity (Wildman–Crippen MR) is 75.3 cm³/mol. The van der Waals surface area contributed by atoms with E-state index in [0.717, 1.165) is 36.3 Å². The molecule has 1 aromatic carbocycles. The Morgan fingerprint density at radius 1 is 1.35 bits per heavy atom. The van der Waals surface area contributed by atoms with Gasteiger partial charge >= 0.3 is 6.61 Å². The van der Waals surface area contributed by atoms with Crippen LogP contribution < -0.4 is 10.1 Å². The zero-order valence-electron chi connectivity index (χ0n) is 12.2. The van der Waals surface area contributed by atoms with Gasteiger partial charge < -0.3 is 10.1 Å². The highest BCUT2D eigenvalue weighted by molar-refractivity contribution is 5.41. The van der Waals surface area contributed by atoms with Crippen molar-refractivity contribution in [2.24, 2.45) is 0 Å². The minimum atomic E-state index is -2.78. The van der Waals surface area contributed by atoms with Gasteiger partial charge in [-0.2, -0.15) is 8.78 Å². The van der Waals surface area contributed by atoms with Gasteiger partial charge in [0, 0.05) is 37.8 Å². The average Bonchev–Trinajstić information content (AvgIpc) is 2.35. The number of ether oxygens (including phenoxy) is 1. The number of hydrogen-bond donors (Lipinski definition) is 1. The molecule has 1 N–H and O–H groups in total. The lowest BCUT2D eigenvalue weighted by atomic mass is 10.0. The Labute approximate surface area is 118 Å². The van der Waals surface area contributed by atoms with Gasteiger partial charge in [0.15, 0.2) is 0 Å². The minimum Gasteiger partial charge on any atom is -0.434 e. The molecule has 2 rings (SSSR count). The molecule has 3 nitrogen and oxygen atoms in total. The lowest BCUT2D eigenvalue weighted by Gasteiger charge is -2.32. The van der Waals surface area contributed by atoms with Gasteiger partial charge in [-0.25, -0.2) is 0 Å². The minimum absolute atomic E-state index is 0.300. The van der Waals surface area contributed by atoms with Crippen LogP contribution in [-0.2, 0) is 6.54 Å². The summed E-state index contributed by atoms with van der Waals surface area (Å²) in [4.78, 5) is 2.27. The second-order valence-electron chi connectivity index (χ2n) is 5.51. The summed E-state index contributed by atoms with van der Waals surface area (Å²) in [5.74, 6) is 0.300. The van der Waals surface area contributed by atoms with Gasteiger partial charge in [-0.15, -0.1) is 0 Å². The first-order valence-corrected chi connectivity index (χ1v) is 6.96. The molecule has 5 heteroatoms. The molecule has 0 aliphatic carbocycles. The average molecular weight is 284 g/mol. The number of aryl methyl sites for hydroxylation is 2. The molecule has 0 unspecified atom stereocenters. The van der Waals surface area contributed by atoms with Crippen LogP contribution in [0.4, 0.5) is 8.78 Å². The highest BCUT2D eigenvalue weighted by Crippen LogP contribution is 2.26. The third kappa shape index (κ3) is 3.90. The fraction of sp³-hybridized carbons (Fsp3) is 0.600. The molecule has 1 atom stereocenters. The lowest BCUT2D eigenvalue weighted by Crippen LogP contribution is -2.48. The second-order valence-corrected chi connectivity index (χ2v) is 5.51.